The van der Waals surface area contributed by atoms with Crippen LogP contribution in [0.2, 0.25) is 0 Å². The van der Waals surface area contributed by atoms with Crippen LogP contribution in [0.1, 0.15) is 20.8 Å². The van der Waals surface area contributed by atoms with Crippen molar-refractivity contribution in [1.29, 1.82) is 0 Å². The second-order valence-corrected chi connectivity index (χ2v) is 5.51. The molecule has 1 rings (SSSR count). The number of rotatable bonds is 5. The summed E-state index contributed by atoms with van der Waals surface area (Å²) >= 11 is 6.86. The van der Waals surface area contributed by atoms with Gasteiger partial charge in [-0.15, -0.1) is 0 Å². The molecule has 1 N–H and O–H groups in total. The molecule has 0 unspecified atom stereocenters. The van der Waals surface area contributed by atoms with Crippen LogP contribution in [0.3, 0.4) is 0 Å². The van der Waals surface area contributed by atoms with Gasteiger partial charge in [0.15, 0.2) is 0 Å². The van der Waals surface area contributed by atoms with Crippen molar-refractivity contribution in [2.75, 3.05) is 29.1 Å². The average Bonchev–Trinajstić information content (AvgIpc) is 2.33. The molecule has 1 aromatic rings. The molecule has 0 bridgehead atoms. The van der Waals surface area contributed by atoms with E-state index >= 15 is 0 Å². The summed E-state index contributed by atoms with van der Waals surface area (Å²) in [6.07, 6.45) is 0. The maximum atomic E-state index is 5.21. The Labute approximate surface area is 114 Å². The van der Waals surface area contributed by atoms with Gasteiger partial charge in [0.25, 0.3) is 0 Å². The molecule has 0 amide bonds. The summed E-state index contributed by atoms with van der Waals surface area (Å²) < 4.78 is 0.836. The van der Waals surface area contributed by atoms with E-state index in [-0.39, 0.29) is 0 Å². The largest absolute Gasteiger partial charge is 0.372 e. The van der Waals surface area contributed by atoms with E-state index in [0.717, 1.165) is 28.9 Å². The second-order valence-electron chi connectivity index (χ2n) is 3.56. The van der Waals surface area contributed by atoms with Crippen molar-refractivity contribution >= 4 is 39.7 Å². The van der Waals surface area contributed by atoms with Gasteiger partial charge >= 0.3 is 0 Å². The Kier molecular flexibility index (Phi) is 6.37. The van der Waals surface area contributed by atoms with Crippen LogP contribution in [-0.2, 0) is 0 Å². The fourth-order valence-corrected chi connectivity index (χ4v) is 2.55. The van der Waals surface area contributed by atoms with Crippen LogP contribution in [-0.4, -0.2) is 23.2 Å². The van der Waals surface area contributed by atoms with E-state index in [1.165, 1.54) is 5.69 Å². The van der Waals surface area contributed by atoms with E-state index in [2.05, 4.69) is 55.3 Å². The zero-order valence-electron chi connectivity index (χ0n) is 10.7. The van der Waals surface area contributed by atoms with Crippen LogP contribution in [0.5, 0.6) is 0 Å². The van der Waals surface area contributed by atoms with Crippen LogP contribution >= 0.6 is 24.0 Å². The molecule has 17 heavy (non-hydrogen) atoms. The highest BCUT2D eigenvalue weighted by Gasteiger charge is 2.02. The van der Waals surface area contributed by atoms with Crippen molar-refractivity contribution in [2.24, 2.45) is 0 Å². The Morgan fingerprint density at radius 3 is 2.24 bits per heavy atom. The van der Waals surface area contributed by atoms with Gasteiger partial charge in [0.1, 0.15) is 4.32 Å². The van der Waals surface area contributed by atoms with Gasteiger partial charge in [-0.3, -0.25) is 0 Å². The third-order valence-corrected chi connectivity index (χ3v) is 3.63. The highest BCUT2D eigenvalue weighted by molar-refractivity contribution is 8.23. The summed E-state index contributed by atoms with van der Waals surface area (Å²) in [4.78, 5) is 2.32. The van der Waals surface area contributed by atoms with Crippen molar-refractivity contribution in [3.05, 3.63) is 24.3 Å². The van der Waals surface area contributed by atoms with Gasteiger partial charge < -0.3 is 10.2 Å². The number of anilines is 2. The van der Waals surface area contributed by atoms with E-state index in [0.29, 0.717) is 0 Å². The number of thiocarbonyl (C=S) groups is 1. The lowest BCUT2D eigenvalue weighted by Gasteiger charge is -2.21. The van der Waals surface area contributed by atoms with Crippen LogP contribution in [0.4, 0.5) is 11.4 Å². The van der Waals surface area contributed by atoms with Crippen LogP contribution < -0.4 is 10.2 Å². The van der Waals surface area contributed by atoms with Crippen molar-refractivity contribution < 1.29 is 0 Å². The molecule has 0 aliphatic carbocycles. The number of nitrogens with one attached hydrogen (secondary N) is 1. The van der Waals surface area contributed by atoms with Crippen molar-refractivity contribution in [3.63, 3.8) is 0 Å². The number of hydrogen-bond donors (Lipinski definition) is 1. The highest BCUT2D eigenvalue weighted by Crippen LogP contribution is 2.18. The minimum Gasteiger partial charge on any atom is -0.372 e. The predicted molar refractivity (Wildman–Crippen MR) is 84.4 cm³/mol. The van der Waals surface area contributed by atoms with E-state index in [1.54, 1.807) is 11.8 Å². The Morgan fingerprint density at radius 2 is 1.76 bits per heavy atom. The van der Waals surface area contributed by atoms with Crippen LogP contribution in [0.15, 0.2) is 24.3 Å². The molecule has 0 aromatic heterocycles. The predicted octanol–water partition coefficient (Wildman–Crippen LogP) is 3.98. The molecule has 0 atom stereocenters. The summed E-state index contributed by atoms with van der Waals surface area (Å²) in [6.45, 7) is 8.51. The lowest BCUT2D eigenvalue weighted by Crippen LogP contribution is -2.21. The Bertz CT molecular complexity index is 345. The number of hydrogen-bond acceptors (Lipinski definition) is 3. The summed E-state index contributed by atoms with van der Waals surface area (Å²) in [5.74, 6) is 1.00. The zero-order chi connectivity index (χ0) is 12.7. The minimum absolute atomic E-state index is 0.836. The molecular weight excluding hydrogens is 248 g/mol. The van der Waals surface area contributed by atoms with Crippen LogP contribution in [0.25, 0.3) is 0 Å². The fraction of sp³-hybridized carbons (Fsp3) is 0.462. The van der Waals surface area contributed by atoms with Gasteiger partial charge in [-0.2, -0.15) is 0 Å². The molecule has 0 aliphatic rings. The lowest BCUT2D eigenvalue weighted by atomic mass is 10.2. The Hall–Kier alpha value is -0.740. The third kappa shape index (κ3) is 4.56. The van der Waals surface area contributed by atoms with Crippen molar-refractivity contribution in [3.8, 4) is 0 Å². The lowest BCUT2D eigenvalue weighted by molar-refractivity contribution is 0.866. The fourth-order valence-electron chi connectivity index (χ4n) is 1.63. The molecule has 4 heteroatoms. The first-order valence-electron chi connectivity index (χ1n) is 6.00. The van der Waals surface area contributed by atoms with Crippen LogP contribution in [0, 0.1) is 0 Å². The molecular formula is C13H20N2S2. The van der Waals surface area contributed by atoms with E-state index in [4.69, 9.17) is 12.2 Å². The normalized spacial score (nSPS) is 10.1. The molecule has 94 valence electrons. The first kappa shape index (κ1) is 14.3. The summed E-state index contributed by atoms with van der Waals surface area (Å²) in [7, 11) is 0. The van der Waals surface area contributed by atoms with E-state index < -0.39 is 0 Å². The Morgan fingerprint density at radius 1 is 1.18 bits per heavy atom. The van der Waals surface area contributed by atoms with Gasteiger partial charge in [-0.1, -0.05) is 30.9 Å². The minimum atomic E-state index is 0.836. The second kappa shape index (κ2) is 7.56. The average molecular weight is 268 g/mol. The zero-order valence-corrected chi connectivity index (χ0v) is 12.3. The molecule has 0 heterocycles. The SMILES string of the molecule is CCSC(=S)Nc1ccc(N(CC)CC)cc1. The summed E-state index contributed by atoms with van der Waals surface area (Å²) in [6, 6.07) is 8.43. The highest BCUT2D eigenvalue weighted by atomic mass is 32.2. The van der Waals surface area contributed by atoms with Crippen molar-refractivity contribution in [2.45, 2.75) is 20.8 Å². The first-order chi connectivity index (χ1) is 8.21. The molecule has 0 saturated carbocycles. The Balaban J connectivity index is 2.64. The van der Waals surface area contributed by atoms with Gasteiger partial charge in [0.2, 0.25) is 0 Å². The summed E-state index contributed by atoms with van der Waals surface area (Å²) in [5, 5.41) is 3.22. The first-order valence-corrected chi connectivity index (χ1v) is 7.39. The maximum Gasteiger partial charge on any atom is 0.138 e. The molecule has 0 fully saturated rings. The third-order valence-electron chi connectivity index (χ3n) is 2.52. The van der Waals surface area contributed by atoms with Gasteiger partial charge in [-0.05, 0) is 43.9 Å². The van der Waals surface area contributed by atoms with E-state index in [9.17, 15) is 0 Å². The number of nitrogens with zero attached hydrogens (tertiary/aromatic N) is 1. The van der Waals surface area contributed by atoms with E-state index in [1.807, 2.05) is 0 Å². The van der Waals surface area contributed by atoms with Crippen molar-refractivity contribution in [1.82, 2.24) is 0 Å². The maximum absolute atomic E-state index is 5.21. The molecule has 0 radical (unpaired) electrons. The standard InChI is InChI=1S/C13H20N2S2/c1-4-15(5-2)12-9-7-11(8-10-12)14-13(16)17-6-3/h7-10H,4-6H2,1-3H3,(H,14,16). The molecule has 0 spiro atoms. The molecule has 1 aromatic carbocycles. The monoisotopic (exact) mass is 268 g/mol. The molecule has 0 aliphatic heterocycles. The number of benzene rings is 1. The quantitative estimate of drug-likeness (QED) is 0.812. The topological polar surface area (TPSA) is 15.3 Å². The van der Waals surface area contributed by atoms with Gasteiger partial charge in [0.05, 0.1) is 0 Å². The van der Waals surface area contributed by atoms with Gasteiger partial charge in [-0.25, -0.2) is 0 Å². The molecule has 0 saturated heterocycles. The van der Waals surface area contributed by atoms with Gasteiger partial charge in [0, 0.05) is 24.5 Å². The smallest absolute Gasteiger partial charge is 0.138 e. The molecule has 2 nitrogen and oxygen atoms in total. The summed E-state index contributed by atoms with van der Waals surface area (Å²) in [5.41, 5.74) is 2.32. The number of thioether (sulfide) groups is 1.